The summed E-state index contributed by atoms with van der Waals surface area (Å²) in [6.45, 7) is 1.97. The van der Waals surface area contributed by atoms with Crippen LogP contribution in [0.5, 0.6) is 5.75 Å². The van der Waals surface area contributed by atoms with E-state index in [0.717, 1.165) is 18.1 Å². The quantitative estimate of drug-likeness (QED) is 0.794. The Morgan fingerprint density at radius 1 is 1.38 bits per heavy atom. The van der Waals surface area contributed by atoms with Crippen LogP contribution in [0.25, 0.3) is 11.0 Å². The number of aromatic hydroxyl groups is 1. The number of hydrogen-bond donors (Lipinski definition) is 1. The number of halogens is 1. The third-order valence-corrected chi connectivity index (χ3v) is 2.42. The van der Waals surface area contributed by atoms with E-state index < -0.39 is 17.2 Å². The van der Waals surface area contributed by atoms with E-state index in [9.17, 15) is 14.3 Å². The molecule has 0 aliphatic carbocycles. The highest BCUT2D eigenvalue weighted by Gasteiger charge is 2.09. The van der Waals surface area contributed by atoms with Gasteiger partial charge in [0.2, 0.25) is 0 Å². The van der Waals surface area contributed by atoms with Crippen LogP contribution in [0, 0.1) is 5.82 Å². The van der Waals surface area contributed by atoms with Crippen molar-refractivity contribution in [2.45, 2.75) is 19.8 Å². The maximum absolute atomic E-state index is 13.2. The maximum atomic E-state index is 13.2. The zero-order valence-electron chi connectivity index (χ0n) is 8.79. The summed E-state index contributed by atoms with van der Waals surface area (Å²) in [6, 6.07) is 3.69. The van der Waals surface area contributed by atoms with E-state index in [0.29, 0.717) is 11.8 Å². The summed E-state index contributed by atoms with van der Waals surface area (Å²) in [6.07, 6.45) is 1.52. The molecule has 1 N–H and O–H groups in total. The lowest BCUT2D eigenvalue weighted by atomic mass is 10.1. The van der Waals surface area contributed by atoms with Crippen molar-refractivity contribution in [3.05, 3.63) is 40.0 Å². The fourth-order valence-electron chi connectivity index (χ4n) is 1.71. The minimum absolute atomic E-state index is 0.217. The summed E-state index contributed by atoms with van der Waals surface area (Å²) < 4.78 is 18.1. The molecule has 84 valence electrons. The predicted octanol–water partition coefficient (Wildman–Crippen LogP) is 2.59. The van der Waals surface area contributed by atoms with Crippen molar-refractivity contribution in [2.75, 3.05) is 0 Å². The molecule has 0 aliphatic rings. The van der Waals surface area contributed by atoms with Gasteiger partial charge in [-0.05, 0) is 18.1 Å². The molecule has 0 fully saturated rings. The van der Waals surface area contributed by atoms with Crippen LogP contribution < -0.4 is 5.63 Å². The average molecular weight is 222 g/mol. The molecule has 2 rings (SSSR count). The molecule has 2 aromatic rings. The number of rotatable bonds is 2. The molecule has 0 saturated heterocycles. The Kier molecular flexibility index (Phi) is 2.64. The van der Waals surface area contributed by atoms with Crippen LogP contribution in [-0.2, 0) is 6.42 Å². The van der Waals surface area contributed by atoms with Crippen LogP contribution in [0.15, 0.2) is 27.4 Å². The smallest absolute Gasteiger partial charge is 0.336 e. The van der Waals surface area contributed by atoms with E-state index in [1.807, 2.05) is 6.92 Å². The number of benzene rings is 1. The number of phenols is 1. The largest absolute Gasteiger partial charge is 0.505 e. The Morgan fingerprint density at radius 2 is 2.12 bits per heavy atom. The second kappa shape index (κ2) is 3.96. The second-order valence-corrected chi connectivity index (χ2v) is 3.64. The molecule has 0 aliphatic heterocycles. The van der Waals surface area contributed by atoms with Crippen molar-refractivity contribution in [1.82, 2.24) is 0 Å². The minimum Gasteiger partial charge on any atom is -0.505 e. The molecule has 0 bridgehead atoms. The molecular formula is C12H11FO3. The van der Waals surface area contributed by atoms with E-state index in [4.69, 9.17) is 4.42 Å². The van der Waals surface area contributed by atoms with Gasteiger partial charge in [-0.3, -0.25) is 0 Å². The number of aryl methyl sites for hydroxylation is 1. The Hall–Kier alpha value is -1.84. The van der Waals surface area contributed by atoms with Gasteiger partial charge in [0.25, 0.3) is 0 Å². The SMILES string of the molecule is CCCc1cc(=O)oc2cc(O)c(F)cc12. The van der Waals surface area contributed by atoms with Crippen LogP contribution in [0.2, 0.25) is 0 Å². The van der Waals surface area contributed by atoms with Gasteiger partial charge >= 0.3 is 5.63 Å². The van der Waals surface area contributed by atoms with E-state index in [1.165, 1.54) is 12.1 Å². The first kappa shape index (κ1) is 10.7. The fraction of sp³-hybridized carbons (Fsp3) is 0.250. The highest BCUT2D eigenvalue weighted by Crippen LogP contribution is 2.25. The van der Waals surface area contributed by atoms with Gasteiger partial charge in [0.15, 0.2) is 11.6 Å². The normalized spacial score (nSPS) is 10.9. The number of fused-ring (bicyclic) bond motifs is 1. The Bertz CT molecular complexity index is 587. The van der Waals surface area contributed by atoms with Crippen molar-refractivity contribution in [3.8, 4) is 5.75 Å². The van der Waals surface area contributed by atoms with Crippen molar-refractivity contribution in [2.24, 2.45) is 0 Å². The standard InChI is InChI=1S/C12H11FO3/c1-2-3-7-4-12(15)16-11-6-10(14)9(13)5-8(7)11/h4-6,14H,2-3H2,1H3. The molecule has 4 heteroatoms. The molecule has 1 aromatic heterocycles. The van der Waals surface area contributed by atoms with Crippen molar-refractivity contribution < 1.29 is 13.9 Å². The van der Waals surface area contributed by atoms with Gasteiger partial charge < -0.3 is 9.52 Å². The summed E-state index contributed by atoms with van der Waals surface area (Å²) in [4.78, 5) is 11.2. The number of phenolic OH excluding ortho intramolecular Hbond substituents is 1. The zero-order chi connectivity index (χ0) is 11.7. The van der Waals surface area contributed by atoms with Crippen LogP contribution in [0.4, 0.5) is 4.39 Å². The van der Waals surface area contributed by atoms with E-state index in [-0.39, 0.29) is 5.58 Å². The molecule has 0 radical (unpaired) electrons. The Labute approximate surface area is 91.1 Å². The number of hydrogen-bond acceptors (Lipinski definition) is 3. The van der Waals surface area contributed by atoms with Gasteiger partial charge in [-0.15, -0.1) is 0 Å². The first-order valence-electron chi connectivity index (χ1n) is 5.07. The first-order chi connectivity index (χ1) is 7.61. The van der Waals surface area contributed by atoms with E-state index >= 15 is 0 Å². The lowest BCUT2D eigenvalue weighted by Crippen LogP contribution is -2.00. The molecular weight excluding hydrogens is 211 g/mol. The second-order valence-electron chi connectivity index (χ2n) is 3.64. The van der Waals surface area contributed by atoms with Crippen LogP contribution in [0.3, 0.4) is 0 Å². The van der Waals surface area contributed by atoms with Crippen molar-refractivity contribution in [1.29, 1.82) is 0 Å². The highest BCUT2D eigenvalue weighted by molar-refractivity contribution is 5.81. The molecule has 0 spiro atoms. The topological polar surface area (TPSA) is 50.4 Å². The van der Waals surface area contributed by atoms with E-state index in [2.05, 4.69) is 0 Å². The lowest BCUT2D eigenvalue weighted by Gasteiger charge is -2.04. The average Bonchev–Trinajstić information content (AvgIpc) is 2.21. The van der Waals surface area contributed by atoms with E-state index in [1.54, 1.807) is 0 Å². The molecule has 0 atom stereocenters. The molecule has 1 aromatic carbocycles. The summed E-state index contributed by atoms with van der Waals surface area (Å²) in [5, 5.41) is 9.73. The van der Waals surface area contributed by atoms with Crippen molar-refractivity contribution >= 4 is 11.0 Å². The third-order valence-electron chi connectivity index (χ3n) is 2.42. The summed E-state index contributed by atoms with van der Waals surface area (Å²) in [5.41, 5.74) is 0.476. The minimum atomic E-state index is -0.710. The first-order valence-corrected chi connectivity index (χ1v) is 5.07. The third kappa shape index (κ3) is 1.78. The molecule has 0 unspecified atom stereocenters. The van der Waals surface area contributed by atoms with Gasteiger partial charge in [0, 0.05) is 17.5 Å². The zero-order valence-corrected chi connectivity index (χ0v) is 8.79. The molecule has 0 saturated carbocycles. The Morgan fingerprint density at radius 3 is 2.81 bits per heavy atom. The van der Waals surface area contributed by atoms with Gasteiger partial charge in [-0.1, -0.05) is 13.3 Å². The van der Waals surface area contributed by atoms with Gasteiger partial charge in [0.05, 0.1) is 0 Å². The molecule has 0 amide bonds. The van der Waals surface area contributed by atoms with Gasteiger partial charge in [-0.25, -0.2) is 9.18 Å². The summed E-state index contributed by atoms with van der Waals surface area (Å²) >= 11 is 0. The predicted molar refractivity (Wildman–Crippen MR) is 58.1 cm³/mol. The maximum Gasteiger partial charge on any atom is 0.336 e. The van der Waals surface area contributed by atoms with Crippen LogP contribution in [0.1, 0.15) is 18.9 Å². The summed E-state index contributed by atoms with van der Waals surface area (Å²) in [5.74, 6) is -1.22. The van der Waals surface area contributed by atoms with Gasteiger partial charge in [-0.2, -0.15) is 0 Å². The monoisotopic (exact) mass is 222 g/mol. The lowest BCUT2D eigenvalue weighted by molar-refractivity contribution is 0.431. The molecule has 16 heavy (non-hydrogen) atoms. The molecule has 3 nitrogen and oxygen atoms in total. The van der Waals surface area contributed by atoms with Crippen molar-refractivity contribution in [3.63, 3.8) is 0 Å². The van der Waals surface area contributed by atoms with Gasteiger partial charge in [0.1, 0.15) is 5.58 Å². The highest BCUT2D eigenvalue weighted by atomic mass is 19.1. The Balaban J connectivity index is 2.79. The van der Waals surface area contributed by atoms with Crippen LogP contribution >= 0.6 is 0 Å². The fourth-order valence-corrected chi connectivity index (χ4v) is 1.71. The van der Waals surface area contributed by atoms with Crippen LogP contribution in [-0.4, -0.2) is 5.11 Å². The summed E-state index contributed by atoms with van der Waals surface area (Å²) in [7, 11) is 0. The molecule has 1 heterocycles.